The third-order valence-corrected chi connectivity index (χ3v) is 13.0. The number of nitrogens with zero attached hydrogens (tertiary/aromatic N) is 3. The number of carbonyl (C=O) groups is 7. The van der Waals surface area contributed by atoms with Gasteiger partial charge in [0.05, 0.1) is 17.6 Å². The highest BCUT2D eigenvalue weighted by Gasteiger charge is 2.37. The lowest BCUT2D eigenvalue weighted by Crippen LogP contribution is -2.58. The van der Waals surface area contributed by atoms with Gasteiger partial charge in [-0.05, 0) is 81.0 Å². The number of piperidine rings is 1. The van der Waals surface area contributed by atoms with Crippen LogP contribution in [0, 0.1) is 17.8 Å². The SMILES string of the molecule is CC[C@H](C)[C@H](NC(=O)[C@H]1CCCCN1C)C(=O)N(C)[C@H](C[C@@H](OC(C)=O)c1nc(C(=O)N[C@@H](Cc2ccc(OC(=O)OP(=O)(O)O)c(NC(=O)CCCS)c2)CC(C)C(=O)O)cs1)C(C)C. The molecule has 0 spiro atoms. The predicted octanol–water partition coefficient (Wildman–Crippen LogP) is 5.34. The third kappa shape index (κ3) is 17.6. The van der Waals surface area contributed by atoms with Crippen molar-refractivity contribution in [2.24, 2.45) is 17.8 Å². The average Bonchev–Trinajstić information content (AvgIpc) is 3.73. The number of phosphoric acid groups is 1. The molecule has 20 nitrogen and oxygen atoms in total. The Kier molecular flexibility index (Phi) is 22.0. The van der Waals surface area contributed by atoms with Crippen LogP contribution in [0.5, 0.6) is 5.75 Å². The molecular formula is C43H65N6O14PS2. The van der Waals surface area contributed by atoms with Gasteiger partial charge in [0.15, 0.2) is 11.9 Å². The number of aromatic nitrogens is 1. The van der Waals surface area contributed by atoms with Gasteiger partial charge < -0.3 is 40.0 Å². The molecule has 23 heteroatoms. The predicted molar refractivity (Wildman–Crippen MR) is 248 cm³/mol. The number of aliphatic carboxylic acids is 1. The minimum absolute atomic E-state index is 0.00493. The van der Waals surface area contributed by atoms with Crippen molar-refractivity contribution in [1.82, 2.24) is 25.4 Å². The van der Waals surface area contributed by atoms with Crippen molar-refractivity contribution in [3.63, 3.8) is 0 Å². The summed E-state index contributed by atoms with van der Waals surface area (Å²) in [5.41, 5.74) is 0.306. The van der Waals surface area contributed by atoms with Crippen LogP contribution < -0.4 is 20.7 Å². The van der Waals surface area contributed by atoms with Gasteiger partial charge in [-0.1, -0.05) is 53.5 Å². The van der Waals surface area contributed by atoms with Crippen molar-refractivity contribution in [2.75, 3.05) is 31.7 Å². The maximum atomic E-state index is 14.3. The standard InChI is InChI=1S/C43H65N6O14PS2/c1-9-25(4)37(47-39(53)32-13-10-11-17-48(32)7)41(54)49(8)33(24(2)3)22-35(61-27(6)50)40-46-31(23-66-40)38(52)44-29(19-26(5)42(55)56)20-28-15-16-34(62-43(57)63-64(58,59)60)30(21-28)45-36(51)14-12-18-65/h15-16,21,23-26,29,32-33,35,37,65H,9-14,17-20,22H2,1-8H3,(H,44,52)(H,45,51)(H,47,53)(H,55,56)(H2,58,59,60)/t25-,26?,29+,32+,33+,35+,37-/m0/s1. The molecule has 368 valence electrons. The molecule has 1 saturated heterocycles. The minimum atomic E-state index is -5.26. The number of benzene rings is 1. The Balaban J connectivity index is 1.89. The van der Waals surface area contributed by atoms with Crippen LogP contribution in [0.15, 0.2) is 23.6 Å². The molecular weight excluding hydrogens is 920 g/mol. The van der Waals surface area contributed by atoms with Crippen molar-refractivity contribution in [2.45, 2.75) is 130 Å². The van der Waals surface area contributed by atoms with E-state index in [-0.39, 0.29) is 77.5 Å². The first-order chi connectivity index (χ1) is 30.9. The molecule has 2 aromatic rings. The summed E-state index contributed by atoms with van der Waals surface area (Å²) in [5, 5.41) is 20.0. The fraction of sp³-hybridized carbons (Fsp3) is 0.628. The lowest BCUT2D eigenvalue weighted by molar-refractivity contribution is -0.149. The van der Waals surface area contributed by atoms with E-state index in [0.717, 1.165) is 30.7 Å². The molecule has 6 N–H and O–H groups in total. The number of rotatable bonds is 24. The maximum absolute atomic E-state index is 14.3. The van der Waals surface area contributed by atoms with Gasteiger partial charge in [0.25, 0.3) is 5.91 Å². The highest BCUT2D eigenvalue weighted by molar-refractivity contribution is 7.80. The van der Waals surface area contributed by atoms with E-state index in [4.69, 9.17) is 19.3 Å². The molecule has 1 fully saturated rings. The van der Waals surface area contributed by atoms with Gasteiger partial charge in [0.1, 0.15) is 16.7 Å². The first kappa shape index (κ1) is 55.7. The number of nitrogens with one attached hydrogen (secondary N) is 3. The normalized spacial score (nSPS) is 17.0. The summed E-state index contributed by atoms with van der Waals surface area (Å²) in [7, 11) is -1.70. The van der Waals surface area contributed by atoms with Crippen LogP contribution in [0.3, 0.4) is 0 Å². The minimum Gasteiger partial charge on any atom is -0.481 e. The van der Waals surface area contributed by atoms with Crippen molar-refractivity contribution in [3.8, 4) is 5.75 Å². The Morgan fingerprint density at radius 1 is 1.06 bits per heavy atom. The van der Waals surface area contributed by atoms with Crippen LogP contribution >= 0.6 is 31.8 Å². The molecule has 1 aromatic heterocycles. The number of hydrogen-bond donors (Lipinski definition) is 7. The molecule has 4 amide bonds. The van der Waals surface area contributed by atoms with Crippen molar-refractivity contribution in [1.29, 1.82) is 0 Å². The molecule has 0 saturated carbocycles. The monoisotopic (exact) mass is 984 g/mol. The number of thiol groups is 1. The van der Waals surface area contributed by atoms with Crippen molar-refractivity contribution >= 4 is 79.2 Å². The van der Waals surface area contributed by atoms with E-state index in [9.17, 15) is 43.2 Å². The third-order valence-electron chi connectivity index (χ3n) is 11.4. The van der Waals surface area contributed by atoms with E-state index >= 15 is 0 Å². The maximum Gasteiger partial charge on any atom is 0.529 e. The van der Waals surface area contributed by atoms with Crippen LogP contribution in [0.2, 0.25) is 0 Å². The van der Waals surface area contributed by atoms with E-state index in [1.165, 1.54) is 37.4 Å². The molecule has 66 heavy (non-hydrogen) atoms. The number of esters is 1. The molecule has 1 unspecified atom stereocenters. The molecule has 7 atom stereocenters. The molecule has 0 aliphatic carbocycles. The Hall–Kier alpha value is -4.60. The number of carbonyl (C=O) groups excluding carboxylic acids is 6. The van der Waals surface area contributed by atoms with Gasteiger partial charge in [-0.2, -0.15) is 12.6 Å². The fourth-order valence-electron chi connectivity index (χ4n) is 7.57. The summed E-state index contributed by atoms with van der Waals surface area (Å²) >= 11 is 5.17. The topological polar surface area (TPSA) is 280 Å². The van der Waals surface area contributed by atoms with Crippen LogP contribution in [0.4, 0.5) is 10.5 Å². The van der Waals surface area contributed by atoms with Gasteiger partial charge in [-0.25, -0.2) is 14.3 Å². The lowest BCUT2D eigenvalue weighted by atomic mass is 9.92. The zero-order chi connectivity index (χ0) is 49.5. The summed E-state index contributed by atoms with van der Waals surface area (Å²) in [6, 6.07) is 1.59. The number of carboxylic acid groups (broad SMARTS) is 1. The van der Waals surface area contributed by atoms with Crippen molar-refractivity contribution < 1.29 is 67.0 Å². The number of likely N-dealkylation sites (N-methyl/N-ethyl adjacent to an activating group) is 2. The van der Waals surface area contributed by atoms with E-state index in [2.05, 4.69) is 38.1 Å². The summed E-state index contributed by atoms with van der Waals surface area (Å²) in [6.45, 7) is 11.2. The Morgan fingerprint density at radius 2 is 1.76 bits per heavy atom. The number of phosphoric ester groups is 1. The Morgan fingerprint density at radius 3 is 2.35 bits per heavy atom. The van der Waals surface area contributed by atoms with Crippen LogP contribution in [0.25, 0.3) is 0 Å². The van der Waals surface area contributed by atoms with E-state index in [0.29, 0.717) is 30.6 Å². The summed E-state index contributed by atoms with van der Waals surface area (Å²) in [4.78, 5) is 117. The smallest absolute Gasteiger partial charge is 0.481 e. The zero-order valence-corrected chi connectivity index (χ0v) is 41.3. The lowest BCUT2D eigenvalue weighted by Gasteiger charge is -2.38. The molecule has 0 bridgehead atoms. The Labute approximate surface area is 394 Å². The summed E-state index contributed by atoms with van der Waals surface area (Å²) < 4.78 is 25.9. The number of likely N-dealkylation sites (tertiary alicyclic amines) is 1. The van der Waals surface area contributed by atoms with E-state index in [1.54, 1.807) is 11.9 Å². The van der Waals surface area contributed by atoms with Crippen LogP contribution in [-0.2, 0) is 44.2 Å². The molecule has 1 aliphatic heterocycles. The van der Waals surface area contributed by atoms with Gasteiger partial charge >= 0.3 is 25.9 Å². The second kappa shape index (κ2) is 26.1. The van der Waals surface area contributed by atoms with Crippen molar-refractivity contribution in [3.05, 3.63) is 39.8 Å². The van der Waals surface area contributed by atoms with Gasteiger partial charge in [0, 0.05) is 44.3 Å². The second-order valence-corrected chi connectivity index (χ2v) is 19.5. The number of hydrogen-bond acceptors (Lipinski definition) is 15. The highest BCUT2D eigenvalue weighted by atomic mass is 32.1. The first-order valence-corrected chi connectivity index (χ1v) is 24.9. The fourth-order valence-corrected chi connectivity index (χ4v) is 8.80. The summed E-state index contributed by atoms with van der Waals surface area (Å²) in [6.07, 6.45) is 1.02. The molecule has 2 heterocycles. The number of carboxylic acids is 1. The second-order valence-electron chi connectivity index (χ2n) is 17.0. The molecule has 1 aliphatic rings. The van der Waals surface area contributed by atoms with Gasteiger partial charge in [0.2, 0.25) is 17.7 Å². The average molecular weight is 985 g/mol. The first-order valence-electron chi connectivity index (χ1n) is 21.9. The number of thiazole rings is 1. The van der Waals surface area contributed by atoms with Crippen LogP contribution in [0.1, 0.15) is 120 Å². The number of ether oxygens (including phenoxy) is 2. The van der Waals surface area contributed by atoms with Crippen LogP contribution in [-0.4, -0.2) is 122 Å². The number of amides is 4. The van der Waals surface area contributed by atoms with E-state index in [1.807, 2.05) is 39.6 Å². The molecule has 1 aromatic carbocycles. The highest BCUT2D eigenvalue weighted by Crippen LogP contribution is 2.37. The van der Waals surface area contributed by atoms with Gasteiger partial charge in [-0.15, -0.1) is 11.3 Å². The molecule has 3 rings (SSSR count). The Bertz CT molecular complexity index is 2070. The van der Waals surface area contributed by atoms with E-state index < -0.39 is 67.9 Å². The largest absolute Gasteiger partial charge is 0.529 e. The molecule has 0 radical (unpaired) electrons. The quantitative estimate of drug-likeness (QED) is 0.0302. The van der Waals surface area contributed by atoms with Gasteiger partial charge in [-0.3, -0.25) is 43.5 Å². The number of anilines is 1. The zero-order valence-electron chi connectivity index (χ0n) is 38.7. The summed E-state index contributed by atoms with van der Waals surface area (Å²) in [5.74, 6) is -4.58.